The van der Waals surface area contributed by atoms with E-state index in [1.807, 2.05) is 63.7 Å². The fourth-order valence-corrected chi connectivity index (χ4v) is 4.24. The number of carbonyl (C=O) groups excluding carboxylic acids is 2. The van der Waals surface area contributed by atoms with Crippen molar-refractivity contribution in [2.45, 2.75) is 58.1 Å². The Labute approximate surface area is 184 Å². The monoisotopic (exact) mass is 427 g/mol. The highest BCUT2D eigenvalue weighted by molar-refractivity contribution is 7.99. The second-order valence-electron chi connectivity index (χ2n) is 7.92. The summed E-state index contributed by atoms with van der Waals surface area (Å²) in [6.45, 7) is 12.3. The molecule has 0 fully saturated rings. The van der Waals surface area contributed by atoms with Crippen molar-refractivity contribution in [2.75, 3.05) is 24.2 Å². The van der Waals surface area contributed by atoms with E-state index in [1.54, 1.807) is 7.05 Å². The van der Waals surface area contributed by atoms with Crippen LogP contribution in [0.5, 0.6) is 0 Å². The van der Waals surface area contributed by atoms with Gasteiger partial charge in [0, 0.05) is 28.6 Å². The third-order valence-electron chi connectivity index (χ3n) is 5.02. The van der Waals surface area contributed by atoms with Crippen molar-refractivity contribution in [1.29, 1.82) is 0 Å². The van der Waals surface area contributed by atoms with Crippen LogP contribution in [0.2, 0.25) is 0 Å². The Bertz CT molecular complexity index is 904. The van der Waals surface area contributed by atoms with Crippen molar-refractivity contribution in [3.8, 4) is 0 Å². The van der Waals surface area contributed by atoms with Crippen LogP contribution in [0.4, 0.5) is 16.2 Å². The number of nitrogens with zero attached hydrogens (tertiary/aromatic N) is 1. The first-order valence-electron chi connectivity index (χ1n) is 10.3. The molecule has 0 spiro atoms. The van der Waals surface area contributed by atoms with Crippen molar-refractivity contribution >= 4 is 35.1 Å². The quantitative estimate of drug-likeness (QED) is 0.540. The van der Waals surface area contributed by atoms with E-state index in [1.165, 1.54) is 9.80 Å². The van der Waals surface area contributed by atoms with Crippen LogP contribution in [0.3, 0.4) is 0 Å². The maximum absolute atomic E-state index is 12.6. The number of benzene rings is 2. The standard InChI is InChI=1S/C24H33N3O2S/c1-8-19(6)30-20-9-10-21(16(3)13-20)25-24(29)27(7)14-22(28)26-23-17(4)11-15(2)12-18(23)5/h9-13,19H,8,14H2,1-7H3,(H,25,29)(H,26,28). The zero-order chi connectivity index (χ0) is 22.4. The van der Waals surface area contributed by atoms with E-state index in [0.29, 0.717) is 5.25 Å². The van der Waals surface area contributed by atoms with E-state index < -0.39 is 0 Å². The molecule has 0 aromatic heterocycles. The number of amides is 3. The predicted octanol–water partition coefficient (Wildman–Crippen LogP) is 5.91. The van der Waals surface area contributed by atoms with Gasteiger partial charge in [0.05, 0.1) is 0 Å². The summed E-state index contributed by atoms with van der Waals surface area (Å²) >= 11 is 1.83. The van der Waals surface area contributed by atoms with Crippen LogP contribution in [0.1, 0.15) is 42.5 Å². The van der Waals surface area contributed by atoms with Crippen LogP contribution in [-0.4, -0.2) is 35.7 Å². The highest BCUT2D eigenvalue weighted by atomic mass is 32.2. The second kappa shape index (κ2) is 10.5. The summed E-state index contributed by atoms with van der Waals surface area (Å²) < 4.78 is 0. The smallest absolute Gasteiger partial charge is 0.322 e. The molecule has 6 heteroatoms. The number of anilines is 2. The summed E-state index contributed by atoms with van der Waals surface area (Å²) in [5.74, 6) is -0.222. The van der Waals surface area contributed by atoms with Crippen molar-refractivity contribution in [2.24, 2.45) is 0 Å². The molecule has 1 unspecified atom stereocenters. The van der Waals surface area contributed by atoms with Crippen LogP contribution >= 0.6 is 11.8 Å². The summed E-state index contributed by atoms with van der Waals surface area (Å²) in [5, 5.41) is 6.39. The highest BCUT2D eigenvalue weighted by Crippen LogP contribution is 2.28. The first kappa shape index (κ1) is 23.8. The number of urea groups is 1. The van der Waals surface area contributed by atoms with Gasteiger partial charge in [-0.15, -0.1) is 11.8 Å². The van der Waals surface area contributed by atoms with Gasteiger partial charge >= 0.3 is 6.03 Å². The fraction of sp³-hybridized carbons (Fsp3) is 0.417. The Morgan fingerprint density at radius 2 is 1.63 bits per heavy atom. The number of aryl methyl sites for hydroxylation is 4. The van der Waals surface area contributed by atoms with Crippen LogP contribution in [0, 0.1) is 27.7 Å². The van der Waals surface area contributed by atoms with Crippen molar-refractivity contribution in [1.82, 2.24) is 4.90 Å². The first-order valence-corrected chi connectivity index (χ1v) is 11.2. The molecule has 3 amide bonds. The van der Waals surface area contributed by atoms with Gasteiger partial charge in [-0.3, -0.25) is 4.79 Å². The Morgan fingerprint density at radius 3 is 2.20 bits per heavy atom. The summed E-state index contributed by atoms with van der Waals surface area (Å²) in [7, 11) is 1.62. The molecule has 2 N–H and O–H groups in total. The molecule has 0 aliphatic heterocycles. The molecule has 0 saturated carbocycles. The molecule has 0 aliphatic carbocycles. The van der Waals surface area contributed by atoms with Crippen LogP contribution in [0.15, 0.2) is 35.2 Å². The predicted molar refractivity (Wildman–Crippen MR) is 128 cm³/mol. The third kappa shape index (κ3) is 6.52. The SMILES string of the molecule is CCC(C)Sc1ccc(NC(=O)N(C)CC(=O)Nc2c(C)cc(C)cc2C)c(C)c1. The highest BCUT2D eigenvalue weighted by Gasteiger charge is 2.16. The lowest BCUT2D eigenvalue weighted by atomic mass is 10.1. The van der Waals surface area contributed by atoms with E-state index >= 15 is 0 Å². The molecule has 2 aromatic rings. The molecule has 0 heterocycles. The van der Waals surface area contributed by atoms with E-state index in [2.05, 4.69) is 30.5 Å². The van der Waals surface area contributed by atoms with Crippen LogP contribution in [0.25, 0.3) is 0 Å². The van der Waals surface area contributed by atoms with Gasteiger partial charge in [0.15, 0.2) is 0 Å². The molecule has 0 aliphatic rings. The lowest BCUT2D eigenvalue weighted by molar-refractivity contribution is -0.116. The molecule has 5 nitrogen and oxygen atoms in total. The molecule has 0 saturated heterocycles. The maximum atomic E-state index is 12.6. The third-order valence-corrected chi connectivity index (χ3v) is 6.28. The van der Waals surface area contributed by atoms with E-state index in [-0.39, 0.29) is 18.5 Å². The van der Waals surface area contributed by atoms with Gasteiger partial charge < -0.3 is 15.5 Å². The lowest BCUT2D eigenvalue weighted by Gasteiger charge is -2.20. The first-order chi connectivity index (χ1) is 14.1. The molecular formula is C24H33N3O2S. The van der Waals surface area contributed by atoms with E-state index in [9.17, 15) is 9.59 Å². The Balaban J connectivity index is 1.97. The van der Waals surface area contributed by atoms with Crippen molar-refractivity contribution in [3.63, 3.8) is 0 Å². The minimum absolute atomic E-state index is 0.0282. The average molecular weight is 428 g/mol. The van der Waals surface area contributed by atoms with Gasteiger partial charge in [0.2, 0.25) is 5.91 Å². The van der Waals surface area contributed by atoms with Gasteiger partial charge in [-0.05, 0) is 69.0 Å². The molecule has 2 aromatic carbocycles. The minimum Gasteiger partial charge on any atom is -0.324 e. The lowest BCUT2D eigenvalue weighted by Crippen LogP contribution is -2.38. The summed E-state index contributed by atoms with van der Waals surface area (Å²) in [6.07, 6.45) is 1.11. The number of hydrogen-bond acceptors (Lipinski definition) is 3. The average Bonchev–Trinajstić information content (AvgIpc) is 2.66. The zero-order valence-corrected chi connectivity index (χ0v) is 19.9. The van der Waals surface area contributed by atoms with Gasteiger partial charge in [-0.2, -0.15) is 0 Å². The molecule has 30 heavy (non-hydrogen) atoms. The van der Waals surface area contributed by atoms with Crippen molar-refractivity contribution in [3.05, 3.63) is 52.6 Å². The molecule has 1 atom stereocenters. The minimum atomic E-state index is -0.312. The Morgan fingerprint density at radius 1 is 1.00 bits per heavy atom. The normalized spacial score (nSPS) is 11.7. The van der Waals surface area contributed by atoms with E-state index in [4.69, 9.17) is 0 Å². The fourth-order valence-electron chi connectivity index (χ4n) is 3.22. The summed E-state index contributed by atoms with van der Waals surface area (Å²) in [5.41, 5.74) is 5.75. The maximum Gasteiger partial charge on any atom is 0.322 e. The number of likely N-dealkylation sites (N-methyl/N-ethyl adjacent to an activating group) is 1. The second-order valence-corrected chi connectivity index (χ2v) is 9.43. The van der Waals surface area contributed by atoms with Crippen LogP contribution in [-0.2, 0) is 4.79 Å². The molecular weight excluding hydrogens is 394 g/mol. The summed E-state index contributed by atoms with van der Waals surface area (Å²) in [6, 6.07) is 9.78. The zero-order valence-electron chi connectivity index (χ0n) is 19.1. The number of rotatable bonds is 7. The summed E-state index contributed by atoms with van der Waals surface area (Å²) in [4.78, 5) is 27.6. The van der Waals surface area contributed by atoms with Gasteiger partial charge in [0.1, 0.15) is 6.54 Å². The Kier molecular flexibility index (Phi) is 8.35. The number of nitrogens with one attached hydrogen (secondary N) is 2. The Hall–Kier alpha value is -2.47. The van der Waals surface area contributed by atoms with Gasteiger partial charge in [-0.25, -0.2) is 4.79 Å². The number of thioether (sulfide) groups is 1. The molecule has 2 rings (SSSR count). The topological polar surface area (TPSA) is 61.4 Å². The molecule has 0 bridgehead atoms. The van der Waals surface area contributed by atoms with Crippen LogP contribution < -0.4 is 10.6 Å². The largest absolute Gasteiger partial charge is 0.324 e. The van der Waals surface area contributed by atoms with Gasteiger partial charge in [0.25, 0.3) is 0 Å². The van der Waals surface area contributed by atoms with Gasteiger partial charge in [-0.1, -0.05) is 31.5 Å². The number of hydrogen-bond donors (Lipinski definition) is 2. The number of carbonyl (C=O) groups is 2. The molecule has 0 radical (unpaired) electrons. The molecule has 162 valence electrons. The van der Waals surface area contributed by atoms with E-state index in [0.717, 1.165) is 40.0 Å². The van der Waals surface area contributed by atoms with Crippen molar-refractivity contribution < 1.29 is 9.59 Å².